The van der Waals surface area contributed by atoms with Crippen molar-refractivity contribution in [3.63, 3.8) is 0 Å². The van der Waals surface area contributed by atoms with Crippen LogP contribution in [0.3, 0.4) is 0 Å². The first kappa shape index (κ1) is 20.2. The molecule has 0 saturated carbocycles. The van der Waals surface area contributed by atoms with Crippen molar-refractivity contribution in [2.24, 2.45) is 22.6 Å². The molecule has 5 heteroatoms. The quantitative estimate of drug-likeness (QED) is 0.426. The highest BCUT2D eigenvalue weighted by atomic mass is 127. The number of aliphatic imine (C=N–C) groups is 1. The van der Waals surface area contributed by atoms with Gasteiger partial charge in [-0.05, 0) is 50.3 Å². The van der Waals surface area contributed by atoms with Crippen LogP contribution in [0.4, 0.5) is 5.69 Å². The molecule has 4 nitrogen and oxygen atoms in total. The number of guanidine groups is 1. The predicted molar refractivity (Wildman–Crippen MR) is 111 cm³/mol. The molecule has 0 aliphatic carbocycles. The molecule has 1 heterocycles. The molecule has 1 unspecified atom stereocenters. The zero-order chi connectivity index (χ0) is 15.9. The molecule has 3 N–H and O–H groups in total. The number of aryl methyl sites for hydroxylation is 1. The number of hydrogen-bond acceptors (Lipinski definition) is 2. The molecule has 0 bridgehead atoms. The SMILES string of the molecule is Cc1ccc(NC(N)=NCC2CCCN(CC(C)C)C2)cc1.I. The average Bonchev–Trinajstić information content (AvgIpc) is 2.47. The van der Waals surface area contributed by atoms with Gasteiger partial charge in [0, 0.05) is 25.3 Å². The average molecular weight is 430 g/mol. The maximum Gasteiger partial charge on any atom is 0.193 e. The molecular weight excluding hydrogens is 399 g/mol. The summed E-state index contributed by atoms with van der Waals surface area (Å²) in [6.45, 7) is 11.0. The second kappa shape index (κ2) is 10.1. The maximum atomic E-state index is 6.00. The molecule has 2 rings (SSSR count). The second-order valence-electron chi connectivity index (χ2n) is 6.88. The normalized spacial score (nSPS) is 19.5. The zero-order valence-corrected chi connectivity index (χ0v) is 16.9. The van der Waals surface area contributed by atoms with Crippen molar-refractivity contribution < 1.29 is 0 Å². The largest absolute Gasteiger partial charge is 0.370 e. The first-order valence-corrected chi connectivity index (χ1v) is 8.39. The third kappa shape index (κ3) is 7.52. The first-order chi connectivity index (χ1) is 10.5. The van der Waals surface area contributed by atoms with Gasteiger partial charge in [-0.2, -0.15) is 0 Å². The fourth-order valence-corrected chi connectivity index (χ4v) is 3.03. The zero-order valence-electron chi connectivity index (χ0n) is 14.6. The molecular formula is C18H31IN4. The minimum Gasteiger partial charge on any atom is -0.370 e. The summed E-state index contributed by atoms with van der Waals surface area (Å²) in [6, 6.07) is 8.20. The lowest BCUT2D eigenvalue weighted by Gasteiger charge is -2.33. The maximum absolute atomic E-state index is 6.00. The van der Waals surface area contributed by atoms with E-state index in [0.29, 0.717) is 11.9 Å². The number of nitrogens with one attached hydrogen (secondary N) is 1. The molecule has 0 aromatic heterocycles. The molecule has 0 radical (unpaired) electrons. The van der Waals surface area contributed by atoms with Crippen LogP contribution in [0.15, 0.2) is 29.3 Å². The van der Waals surface area contributed by atoms with Crippen LogP contribution < -0.4 is 11.1 Å². The van der Waals surface area contributed by atoms with E-state index in [1.807, 2.05) is 12.1 Å². The lowest BCUT2D eigenvalue weighted by atomic mass is 9.97. The Labute approximate surface area is 157 Å². The van der Waals surface area contributed by atoms with Crippen molar-refractivity contribution in [1.82, 2.24) is 4.90 Å². The van der Waals surface area contributed by atoms with Crippen molar-refractivity contribution in [3.8, 4) is 0 Å². The number of anilines is 1. The highest BCUT2D eigenvalue weighted by Gasteiger charge is 2.20. The Morgan fingerprint density at radius 2 is 2.04 bits per heavy atom. The molecule has 1 aliphatic rings. The van der Waals surface area contributed by atoms with E-state index in [2.05, 4.69) is 48.1 Å². The van der Waals surface area contributed by atoms with Gasteiger partial charge in [0.2, 0.25) is 0 Å². The molecule has 0 spiro atoms. The summed E-state index contributed by atoms with van der Waals surface area (Å²) in [5.41, 5.74) is 8.24. The van der Waals surface area contributed by atoms with Crippen LogP contribution in [-0.4, -0.2) is 37.0 Å². The van der Waals surface area contributed by atoms with Gasteiger partial charge in [-0.1, -0.05) is 31.5 Å². The smallest absolute Gasteiger partial charge is 0.193 e. The van der Waals surface area contributed by atoms with Gasteiger partial charge < -0.3 is 16.0 Å². The lowest BCUT2D eigenvalue weighted by Crippen LogP contribution is -2.39. The van der Waals surface area contributed by atoms with Gasteiger partial charge in [0.15, 0.2) is 5.96 Å². The summed E-state index contributed by atoms with van der Waals surface area (Å²) in [7, 11) is 0. The summed E-state index contributed by atoms with van der Waals surface area (Å²) < 4.78 is 0. The fraction of sp³-hybridized carbons (Fsp3) is 0.611. The van der Waals surface area contributed by atoms with Gasteiger partial charge in [-0.3, -0.25) is 4.99 Å². The van der Waals surface area contributed by atoms with Crippen molar-refractivity contribution >= 4 is 35.6 Å². The van der Waals surface area contributed by atoms with Crippen LogP contribution >= 0.6 is 24.0 Å². The third-order valence-electron chi connectivity index (χ3n) is 4.07. The highest BCUT2D eigenvalue weighted by molar-refractivity contribution is 14.0. The number of rotatable bonds is 5. The van der Waals surface area contributed by atoms with Gasteiger partial charge >= 0.3 is 0 Å². The van der Waals surface area contributed by atoms with Crippen molar-refractivity contribution in [1.29, 1.82) is 0 Å². The molecule has 1 aromatic carbocycles. The Morgan fingerprint density at radius 1 is 1.35 bits per heavy atom. The van der Waals surface area contributed by atoms with E-state index in [4.69, 9.17) is 5.73 Å². The fourth-order valence-electron chi connectivity index (χ4n) is 3.03. The highest BCUT2D eigenvalue weighted by Crippen LogP contribution is 2.18. The molecule has 130 valence electrons. The number of nitrogens with zero attached hydrogens (tertiary/aromatic N) is 2. The van der Waals surface area contributed by atoms with E-state index in [1.54, 1.807) is 0 Å². The van der Waals surface area contributed by atoms with E-state index in [1.165, 1.54) is 31.5 Å². The van der Waals surface area contributed by atoms with E-state index in [9.17, 15) is 0 Å². The van der Waals surface area contributed by atoms with Gasteiger partial charge in [0.05, 0.1) is 0 Å². The number of benzene rings is 1. The molecule has 1 saturated heterocycles. The van der Waals surface area contributed by atoms with Gasteiger partial charge in [0.1, 0.15) is 0 Å². The number of piperidine rings is 1. The Hall–Kier alpha value is -0.820. The topological polar surface area (TPSA) is 53.6 Å². The van der Waals surface area contributed by atoms with E-state index < -0.39 is 0 Å². The summed E-state index contributed by atoms with van der Waals surface area (Å²) in [6.07, 6.45) is 2.54. The Morgan fingerprint density at radius 3 is 2.70 bits per heavy atom. The van der Waals surface area contributed by atoms with Gasteiger partial charge in [0.25, 0.3) is 0 Å². The van der Waals surface area contributed by atoms with Crippen molar-refractivity contribution in [2.75, 3.05) is 31.5 Å². The molecule has 1 fully saturated rings. The van der Waals surface area contributed by atoms with Crippen LogP contribution in [0.25, 0.3) is 0 Å². The molecule has 0 amide bonds. The van der Waals surface area contributed by atoms with Gasteiger partial charge in [-0.25, -0.2) is 0 Å². The molecule has 1 aromatic rings. The monoisotopic (exact) mass is 430 g/mol. The van der Waals surface area contributed by atoms with Crippen LogP contribution in [0.5, 0.6) is 0 Å². The molecule has 1 atom stereocenters. The van der Waals surface area contributed by atoms with E-state index in [0.717, 1.165) is 24.7 Å². The lowest BCUT2D eigenvalue weighted by molar-refractivity contribution is 0.162. The molecule has 23 heavy (non-hydrogen) atoms. The minimum atomic E-state index is 0. The second-order valence-corrected chi connectivity index (χ2v) is 6.88. The standard InChI is InChI=1S/C18H30N4.HI/c1-14(2)12-22-10-4-5-16(13-22)11-20-18(19)21-17-8-6-15(3)7-9-17;/h6-9,14,16H,4-5,10-13H2,1-3H3,(H3,19,20,21);1H. The molecule has 1 aliphatic heterocycles. The Bertz CT molecular complexity index is 484. The number of halogens is 1. The summed E-state index contributed by atoms with van der Waals surface area (Å²) in [5.74, 6) is 1.88. The van der Waals surface area contributed by atoms with Crippen LogP contribution in [0.2, 0.25) is 0 Å². The number of nitrogens with two attached hydrogens (primary N) is 1. The summed E-state index contributed by atoms with van der Waals surface area (Å²) in [4.78, 5) is 7.10. The first-order valence-electron chi connectivity index (χ1n) is 8.39. The third-order valence-corrected chi connectivity index (χ3v) is 4.07. The summed E-state index contributed by atoms with van der Waals surface area (Å²) in [5, 5.41) is 3.17. The summed E-state index contributed by atoms with van der Waals surface area (Å²) >= 11 is 0. The number of hydrogen-bond donors (Lipinski definition) is 2. The Kier molecular flexibility index (Phi) is 8.91. The van der Waals surface area contributed by atoms with Crippen LogP contribution in [0.1, 0.15) is 32.3 Å². The number of likely N-dealkylation sites (tertiary alicyclic amines) is 1. The Balaban J connectivity index is 0.00000264. The van der Waals surface area contributed by atoms with Crippen LogP contribution in [-0.2, 0) is 0 Å². The van der Waals surface area contributed by atoms with E-state index >= 15 is 0 Å². The van der Waals surface area contributed by atoms with E-state index in [-0.39, 0.29) is 24.0 Å². The van der Waals surface area contributed by atoms with Gasteiger partial charge in [-0.15, -0.1) is 24.0 Å². The van der Waals surface area contributed by atoms with Crippen molar-refractivity contribution in [2.45, 2.75) is 33.6 Å². The van der Waals surface area contributed by atoms with Crippen molar-refractivity contribution in [3.05, 3.63) is 29.8 Å². The predicted octanol–water partition coefficient (Wildman–Crippen LogP) is 3.71. The van der Waals surface area contributed by atoms with Crippen LogP contribution in [0, 0.1) is 18.8 Å². The minimum absolute atomic E-state index is 0.